The van der Waals surface area contributed by atoms with E-state index in [2.05, 4.69) is 10.3 Å². The van der Waals surface area contributed by atoms with E-state index in [1.807, 2.05) is 40.7 Å². The lowest BCUT2D eigenvalue weighted by molar-refractivity contribution is -0.132. The van der Waals surface area contributed by atoms with Crippen molar-refractivity contribution >= 4 is 16.9 Å². The highest BCUT2D eigenvalue weighted by atomic mass is 16.2. The Morgan fingerprint density at radius 1 is 1.32 bits per heavy atom. The Kier molecular flexibility index (Phi) is 3.21. The highest BCUT2D eigenvalue weighted by Gasteiger charge is 2.18. The highest BCUT2D eigenvalue weighted by molar-refractivity contribution is 5.81. The fourth-order valence-electron chi connectivity index (χ4n) is 2.55. The van der Waals surface area contributed by atoms with E-state index >= 15 is 0 Å². The van der Waals surface area contributed by atoms with Crippen molar-refractivity contribution in [2.45, 2.75) is 13.5 Å². The number of piperazine rings is 1. The van der Waals surface area contributed by atoms with Crippen molar-refractivity contribution in [1.29, 1.82) is 0 Å². The smallest absolute Gasteiger partial charge is 0.242 e. The predicted octanol–water partition coefficient (Wildman–Crippen LogP) is 0.777. The van der Waals surface area contributed by atoms with Gasteiger partial charge in [0.2, 0.25) is 5.91 Å². The molecule has 2 aromatic rings. The Labute approximate surface area is 112 Å². The number of nitrogens with one attached hydrogen (secondary N) is 1. The third-order valence-electron chi connectivity index (χ3n) is 3.61. The Hall–Kier alpha value is -1.88. The van der Waals surface area contributed by atoms with Crippen molar-refractivity contribution in [2.75, 3.05) is 26.2 Å². The fraction of sp³-hybridized carbons (Fsp3) is 0.429. The summed E-state index contributed by atoms with van der Waals surface area (Å²) in [6, 6.07) is 7.95. The number of carbonyl (C=O) groups is 1. The average molecular weight is 258 g/mol. The van der Waals surface area contributed by atoms with Gasteiger partial charge < -0.3 is 14.8 Å². The fourth-order valence-corrected chi connectivity index (χ4v) is 2.55. The van der Waals surface area contributed by atoms with Gasteiger partial charge in [0.05, 0.1) is 11.0 Å². The van der Waals surface area contributed by atoms with E-state index in [1.165, 1.54) is 0 Å². The second-order valence-electron chi connectivity index (χ2n) is 4.86. The molecule has 0 saturated carbocycles. The van der Waals surface area contributed by atoms with Crippen LogP contribution in [0.2, 0.25) is 0 Å². The number of aromatic nitrogens is 2. The van der Waals surface area contributed by atoms with E-state index in [1.54, 1.807) is 0 Å². The van der Waals surface area contributed by atoms with Gasteiger partial charge in [0.1, 0.15) is 12.4 Å². The van der Waals surface area contributed by atoms with Crippen LogP contribution in [0.4, 0.5) is 0 Å². The molecule has 0 radical (unpaired) electrons. The normalized spacial score (nSPS) is 15.9. The van der Waals surface area contributed by atoms with E-state index in [0.717, 1.165) is 43.0 Å². The molecule has 0 atom stereocenters. The molecule has 0 bridgehead atoms. The summed E-state index contributed by atoms with van der Waals surface area (Å²) in [5, 5.41) is 3.26. The van der Waals surface area contributed by atoms with Gasteiger partial charge in [-0.2, -0.15) is 0 Å². The lowest BCUT2D eigenvalue weighted by Crippen LogP contribution is -2.47. The minimum atomic E-state index is 0.174. The summed E-state index contributed by atoms with van der Waals surface area (Å²) in [6.07, 6.45) is 0. The van der Waals surface area contributed by atoms with Crippen molar-refractivity contribution in [3.63, 3.8) is 0 Å². The van der Waals surface area contributed by atoms with Crippen LogP contribution >= 0.6 is 0 Å². The number of nitrogens with zero attached hydrogens (tertiary/aromatic N) is 3. The van der Waals surface area contributed by atoms with Gasteiger partial charge in [0.15, 0.2) is 0 Å². The van der Waals surface area contributed by atoms with Crippen LogP contribution in [0.1, 0.15) is 5.82 Å². The first-order valence-electron chi connectivity index (χ1n) is 6.66. The van der Waals surface area contributed by atoms with Gasteiger partial charge >= 0.3 is 0 Å². The zero-order valence-corrected chi connectivity index (χ0v) is 11.1. The van der Waals surface area contributed by atoms with Crippen molar-refractivity contribution in [3.05, 3.63) is 30.1 Å². The topological polar surface area (TPSA) is 50.2 Å². The molecular weight excluding hydrogens is 240 g/mol. The van der Waals surface area contributed by atoms with Crippen LogP contribution in [0.25, 0.3) is 11.0 Å². The summed E-state index contributed by atoms with van der Waals surface area (Å²) in [4.78, 5) is 18.7. The van der Waals surface area contributed by atoms with E-state index in [0.29, 0.717) is 6.54 Å². The summed E-state index contributed by atoms with van der Waals surface area (Å²) >= 11 is 0. The molecule has 5 nitrogen and oxygen atoms in total. The maximum absolute atomic E-state index is 12.3. The molecule has 1 aliphatic rings. The van der Waals surface area contributed by atoms with E-state index in [9.17, 15) is 4.79 Å². The maximum Gasteiger partial charge on any atom is 0.242 e. The second-order valence-corrected chi connectivity index (χ2v) is 4.86. The van der Waals surface area contributed by atoms with Gasteiger partial charge in [-0.25, -0.2) is 4.98 Å². The number of carbonyl (C=O) groups excluding carboxylic acids is 1. The van der Waals surface area contributed by atoms with Crippen LogP contribution < -0.4 is 5.32 Å². The van der Waals surface area contributed by atoms with Gasteiger partial charge in [-0.1, -0.05) is 12.1 Å². The SMILES string of the molecule is Cc1nc2ccccc2n1CC(=O)N1CCNCC1. The summed E-state index contributed by atoms with van der Waals surface area (Å²) < 4.78 is 2.00. The molecule has 3 rings (SSSR count). The van der Waals surface area contributed by atoms with Crippen LogP contribution in [0.15, 0.2) is 24.3 Å². The molecule has 0 aliphatic carbocycles. The quantitative estimate of drug-likeness (QED) is 0.866. The molecule has 1 aromatic carbocycles. The maximum atomic E-state index is 12.3. The number of rotatable bonds is 2. The van der Waals surface area contributed by atoms with Crippen LogP contribution in [0.5, 0.6) is 0 Å². The second kappa shape index (κ2) is 5.01. The number of aryl methyl sites for hydroxylation is 1. The number of hydrogen-bond donors (Lipinski definition) is 1. The molecule has 0 spiro atoms. The molecule has 0 unspecified atom stereocenters. The minimum absolute atomic E-state index is 0.174. The average Bonchev–Trinajstić information content (AvgIpc) is 2.76. The van der Waals surface area contributed by atoms with Gasteiger partial charge in [-0.3, -0.25) is 4.79 Å². The lowest BCUT2D eigenvalue weighted by Gasteiger charge is -2.27. The summed E-state index contributed by atoms with van der Waals surface area (Å²) in [7, 11) is 0. The molecule has 5 heteroatoms. The largest absolute Gasteiger partial charge is 0.339 e. The standard InChI is InChI=1S/C14H18N4O/c1-11-16-12-4-2-3-5-13(12)18(11)10-14(19)17-8-6-15-7-9-17/h2-5,15H,6-10H2,1H3. The van der Waals surface area contributed by atoms with Crippen molar-refractivity contribution in [1.82, 2.24) is 19.8 Å². The first-order valence-corrected chi connectivity index (χ1v) is 6.66. The molecule has 19 heavy (non-hydrogen) atoms. The molecular formula is C14H18N4O. The number of hydrogen-bond acceptors (Lipinski definition) is 3. The molecule has 1 amide bonds. The van der Waals surface area contributed by atoms with Crippen molar-refractivity contribution < 1.29 is 4.79 Å². The van der Waals surface area contributed by atoms with Crippen LogP contribution in [0.3, 0.4) is 0 Å². The molecule has 100 valence electrons. The summed E-state index contributed by atoms with van der Waals surface area (Å²) in [5.74, 6) is 1.07. The molecule has 1 fully saturated rings. The third-order valence-corrected chi connectivity index (χ3v) is 3.61. The van der Waals surface area contributed by atoms with Crippen molar-refractivity contribution in [2.24, 2.45) is 0 Å². The Balaban J connectivity index is 1.84. The molecule has 1 aliphatic heterocycles. The number of para-hydroxylation sites is 2. The number of amides is 1. The van der Waals surface area contributed by atoms with Gasteiger partial charge in [-0.05, 0) is 19.1 Å². The number of fused-ring (bicyclic) bond motifs is 1. The zero-order chi connectivity index (χ0) is 13.2. The predicted molar refractivity (Wildman–Crippen MR) is 73.9 cm³/mol. The summed E-state index contributed by atoms with van der Waals surface area (Å²) in [5.41, 5.74) is 1.98. The first kappa shape index (κ1) is 12.2. The van der Waals surface area contributed by atoms with E-state index in [4.69, 9.17) is 0 Å². The Morgan fingerprint density at radius 3 is 2.84 bits per heavy atom. The van der Waals surface area contributed by atoms with Gasteiger partial charge in [0, 0.05) is 26.2 Å². The lowest BCUT2D eigenvalue weighted by atomic mass is 10.3. The minimum Gasteiger partial charge on any atom is -0.339 e. The third kappa shape index (κ3) is 2.33. The van der Waals surface area contributed by atoms with Crippen molar-refractivity contribution in [3.8, 4) is 0 Å². The highest BCUT2D eigenvalue weighted by Crippen LogP contribution is 2.15. The van der Waals surface area contributed by atoms with Crippen LogP contribution in [0, 0.1) is 6.92 Å². The van der Waals surface area contributed by atoms with E-state index in [-0.39, 0.29) is 5.91 Å². The van der Waals surface area contributed by atoms with Crippen LogP contribution in [-0.2, 0) is 11.3 Å². The van der Waals surface area contributed by atoms with Gasteiger partial charge in [-0.15, -0.1) is 0 Å². The monoisotopic (exact) mass is 258 g/mol. The van der Waals surface area contributed by atoms with Gasteiger partial charge in [0.25, 0.3) is 0 Å². The Morgan fingerprint density at radius 2 is 2.05 bits per heavy atom. The number of benzene rings is 1. The number of imidazole rings is 1. The summed E-state index contributed by atoms with van der Waals surface area (Å²) in [6.45, 7) is 5.69. The molecule has 1 N–H and O–H groups in total. The molecule has 2 heterocycles. The molecule has 1 aromatic heterocycles. The van der Waals surface area contributed by atoms with Crippen LogP contribution in [-0.4, -0.2) is 46.5 Å². The van der Waals surface area contributed by atoms with E-state index < -0.39 is 0 Å². The first-order chi connectivity index (χ1) is 9.25. The zero-order valence-electron chi connectivity index (χ0n) is 11.1. The Bertz CT molecular complexity index is 599. The molecule has 1 saturated heterocycles.